The molecule has 2 unspecified atom stereocenters. The number of ether oxygens (including phenoxy) is 1. The molecule has 0 spiro atoms. The molecule has 1 aromatic carbocycles. The van der Waals surface area contributed by atoms with Crippen molar-refractivity contribution in [1.82, 2.24) is 4.90 Å². The smallest absolute Gasteiger partial charge is 0.260 e. The highest BCUT2D eigenvalue weighted by molar-refractivity contribution is 5.97. The molecule has 0 aromatic heterocycles. The molecule has 1 N–H and O–H groups in total. The van der Waals surface area contributed by atoms with Crippen molar-refractivity contribution in [3.05, 3.63) is 29.6 Å². The van der Waals surface area contributed by atoms with E-state index >= 15 is 0 Å². The molecule has 1 fully saturated rings. The molecule has 1 aromatic rings. The van der Waals surface area contributed by atoms with Gasteiger partial charge >= 0.3 is 0 Å². The van der Waals surface area contributed by atoms with Gasteiger partial charge < -0.3 is 14.7 Å². The maximum Gasteiger partial charge on any atom is 0.260 e. The number of aliphatic hydroxyl groups excluding tert-OH is 1. The van der Waals surface area contributed by atoms with Crippen LogP contribution >= 0.6 is 0 Å². The van der Waals surface area contributed by atoms with Crippen LogP contribution in [0, 0.1) is 11.7 Å². The number of carbonyl (C=O) groups is 1. The standard InChI is InChI=1S/C14H18FNO3/c1-9(17)10-6-7-16(8-10)14(18)13-11(15)4-3-5-12(13)19-2/h3-5,9-10,17H,6-8H2,1-2H3. The van der Waals surface area contributed by atoms with E-state index in [1.165, 1.54) is 19.2 Å². The highest BCUT2D eigenvalue weighted by Crippen LogP contribution is 2.27. The molecule has 1 amide bonds. The van der Waals surface area contributed by atoms with Crippen LogP contribution in [0.2, 0.25) is 0 Å². The summed E-state index contributed by atoms with van der Waals surface area (Å²) in [5.41, 5.74) is -0.0313. The molecule has 0 bridgehead atoms. The number of methoxy groups -OCH3 is 1. The quantitative estimate of drug-likeness (QED) is 0.906. The van der Waals surface area contributed by atoms with E-state index in [1.807, 2.05) is 0 Å². The number of nitrogens with zero attached hydrogens (tertiary/aromatic N) is 1. The van der Waals surface area contributed by atoms with E-state index in [0.717, 1.165) is 6.42 Å². The third-order valence-electron chi connectivity index (χ3n) is 3.60. The molecule has 1 saturated heterocycles. The first-order chi connectivity index (χ1) is 9.04. The second-order valence-electron chi connectivity index (χ2n) is 4.86. The van der Waals surface area contributed by atoms with Crippen molar-refractivity contribution >= 4 is 5.91 Å². The monoisotopic (exact) mass is 267 g/mol. The van der Waals surface area contributed by atoms with Crippen molar-refractivity contribution in [3.8, 4) is 5.75 Å². The zero-order chi connectivity index (χ0) is 14.0. The topological polar surface area (TPSA) is 49.8 Å². The molecule has 2 rings (SSSR count). The third-order valence-corrected chi connectivity index (χ3v) is 3.60. The van der Waals surface area contributed by atoms with E-state index in [1.54, 1.807) is 17.9 Å². The summed E-state index contributed by atoms with van der Waals surface area (Å²) in [6.45, 7) is 2.70. The van der Waals surface area contributed by atoms with Crippen molar-refractivity contribution in [2.24, 2.45) is 5.92 Å². The minimum Gasteiger partial charge on any atom is -0.496 e. The van der Waals surface area contributed by atoms with Crippen molar-refractivity contribution in [1.29, 1.82) is 0 Å². The lowest BCUT2D eigenvalue weighted by atomic mass is 10.0. The maximum atomic E-state index is 13.8. The SMILES string of the molecule is COc1cccc(F)c1C(=O)N1CCC(C(C)O)C1. The molecule has 1 aliphatic rings. The molecule has 2 atom stereocenters. The van der Waals surface area contributed by atoms with Crippen LogP contribution in [-0.4, -0.2) is 42.2 Å². The van der Waals surface area contributed by atoms with Crippen LogP contribution in [0.25, 0.3) is 0 Å². The van der Waals surface area contributed by atoms with E-state index < -0.39 is 11.9 Å². The van der Waals surface area contributed by atoms with Crippen molar-refractivity contribution < 1.29 is 19.0 Å². The Balaban J connectivity index is 2.21. The summed E-state index contributed by atoms with van der Waals surface area (Å²) in [5, 5.41) is 9.54. The Morgan fingerprint density at radius 1 is 1.58 bits per heavy atom. The third kappa shape index (κ3) is 2.71. The summed E-state index contributed by atoms with van der Waals surface area (Å²) in [6.07, 6.45) is 0.278. The number of rotatable bonds is 3. The van der Waals surface area contributed by atoms with Crippen molar-refractivity contribution in [2.75, 3.05) is 20.2 Å². The van der Waals surface area contributed by atoms with E-state index in [2.05, 4.69) is 0 Å². The number of hydrogen-bond donors (Lipinski definition) is 1. The van der Waals surface area contributed by atoms with Crippen LogP contribution in [-0.2, 0) is 0 Å². The highest BCUT2D eigenvalue weighted by Gasteiger charge is 2.32. The van der Waals surface area contributed by atoms with Crippen LogP contribution in [0.3, 0.4) is 0 Å². The number of likely N-dealkylation sites (tertiary alicyclic amines) is 1. The molecule has 0 aliphatic carbocycles. The van der Waals surface area contributed by atoms with Gasteiger partial charge in [0, 0.05) is 19.0 Å². The van der Waals surface area contributed by atoms with Gasteiger partial charge in [-0.05, 0) is 25.5 Å². The summed E-state index contributed by atoms with van der Waals surface area (Å²) in [7, 11) is 1.41. The van der Waals surface area contributed by atoms with Gasteiger partial charge in [-0.15, -0.1) is 0 Å². The first-order valence-electron chi connectivity index (χ1n) is 6.34. The Morgan fingerprint density at radius 2 is 2.32 bits per heavy atom. The molecule has 0 radical (unpaired) electrons. The number of amides is 1. The second-order valence-corrected chi connectivity index (χ2v) is 4.86. The molecule has 5 heteroatoms. The molecule has 104 valence electrons. The lowest BCUT2D eigenvalue weighted by Crippen LogP contribution is -2.31. The molecule has 4 nitrogen and oxygen atoms in total. The van der Waals surface area contributed by atoms with Crippen LogP contribution in [0.4, 0.5) is 4.39 Å². The molecule has 19 heavy (non-hydrogen) atoms. The highest BCUT2D eigenvalue weighted by atomic mass is 19.1. The van der Waals surface area contributed by atoms with Gasteiger partial charge in [-0.25, -0.2) is 4.39 Å². The van der Waals surface area contributed by atoms with Crippen LogP contribution < -0.4 is 4.74 Å². The number of halogens is 1. The van der Waals surface area contributed by atoms with Gasteiger partial charge in [-0.2, -0.15) is 0 Å². The van der Waals surface area contributed by atoms with E-state index in [4.69, 9.17) is 4.74 Å². The van der Waals surface area contributed by atoms with Gasteiger partial charge in [0.25, 0.3) is 5.91 Å². The average molecular weight is 267 g/mol. The lowest BCUT2D eigenvalue weighted by molar-refractivity contribution is 0.0754. The lowest BCUT2D eigenvalue weighted by Gasteiger charge is -2.19. The van der Waals surface area contributed by atoms with Gasteiger partial charge in [0.05, 0.1) is 13.2 Å². The number of carbonyl (C=O) groups excluding carboxylic acids is 1. The Hall–Kier alpha value is -1.62. The largest absolute Gasteiger partial charge is 0.496 e. The van der Waals surface area contributed by atoms with Crippen molar-refractivity contribution in [2.45, 2.75) is 19.4 Å². The summed E-state index contributed by atoms with van der Waals surface area (Å²) in [6, 6.07) is 4.32. The fourth-order valence-corrected chi connectivity index (χ4v) is 2.41. The summed E-state index contributed by atoms with van der Waals surface area (Å²) < 4.78 is 18.9. The first kappa shape index (κ1) is 13.8. The fourth-order valence-electron chi connectivity index (χ4n) is 2.41. The maximum absolute atomic E-state index is 13.8. The summed E-state index contributed by atoms with van der Waals surface area (Å²) >= 11 is 0. The predicted octanol–water partition coefficient (Wildman–Crippen LogP) is 1.68. The fraction of sp³-hybridized carbons (Fsp3) is 0.500. The predicted molar refractivity (Wildman–Crippen MR) is 68.6 cm³/mol. The van der Waals surface area contributed by atoms with Crippen LogP contribution in [0.1, 0.15) is 23.7 Å². The Morgan fingerprint density at radius 3 is 2.89 bits per heavy atom. The first-order valence-corrected chi connectivity index (χ1v) is 6.34. The number of benzene rings is 1. The zero-order valence-corrected chi connectivity index (χ0v) is 11.1. The van der Waals surface area contributed by atoms with Gasteiger partial charge in [-0.1, -0.05) is 6.07 Å². The van der Waals surface area contributed by atoms with Crippen LogP contribution in [0.5, 0.6) is 5.75 Å². The summed E-state index contributed by atoms with van der Waals surface area (Å²) in [4.78, 5) is 13.9. The van der Waals surface area contributed by atoms with Gasteiger partial charge in [0.1, 0.15) is 17.1 Å². The number of hydrogen-bond acceptors (Lipinski definition) is 3. The Bertz CT molecular complexity index is 476. The van der Waals surface area contributed by atoms with Gasteiger partial charge in [-0.3, -0.25) is 4.79 Å². The van der Waals surface area contributed by atoms with Gasteiger partial charge in [0.15, 0.2) is 0 Å². The van der Waals surface area contributed by atoms with E-state index in [-0.39, 0.29) is 23.1 Å². The second kappa shape index (κ2) is 5.57. The normalized spacial score (nSPS) is 20.4. The van der Waals surface area contributed by atoms with Gasteiger partial charge in [0.2, 0.25) is 0 Å². The molecule has 0 saturated carbocycles. The minimum atomic E-state index is -0.579. The Labute approximate surface area is 111 Å². The van der Waals surface area contributed by atoms with E-state index in [9.17, 15) is 14.3 Å². The minimum absolute atomic E-state index is 0.0313. The van der Waals surface area contributed by atoms with E-state index in [0.29, 0.717) is 13.1 Å². The molecule has 1 aliphatic heterocycles. The average Bonchev–Trinajstić information content (AvgIpc) is 2.87. The molecular weight excluding hydrogens is 249 g/mol. The van der Waals surface area contributed by atoms with Crippen LogP contribution in [0.15, 0.2) is 18.2 Å². The number of aliphatic hydroxyl groups is 1. The molecule has 1 heterocycles. The zero-order valence-electron chi connectivity index (χ0n) is 11.1. The Kier molecular flexibility index (Phi) is 4.04. The summed E-state index contributed by atoms with van der Waals surface area (Å²) in [5.74, 6) is -0.657. The molecular formula is C14H18FNO3. The van der Waals surface area contributed by atoms with Crippen molar-refractivity contribution in [3.63, 3.8) is 0 Å².